The van der Waals surface area contributed by atoms with Gasteiger partial charge in [-0.2, -0.15) is 0 Å². The second-order valence-electron chi connectivity index (χ2n) is 12.3. The van der Waals surface area contributed by atoms with E-state index in [9.17, 15) is 14.4 Å². The summed E-state index contributed by atoms with van der Waals surface area (Å²) in [6.07, 6.45) is 3.81. The molecule has 0 radical (unpaired) electrons. The van der Waals surface area contributed by atoms with E-state index in [1.165, 1.54) is 6.92 Å². The number of ether oxygens (including phenoxy) is 4. The SMILES string of the molecule is CC[C@@H](C)[C@H](Nc1ccc2c(cc1=O)[C@@H](NC(C)=O)CCc1cc(OC)c(OC)c(OC)c1-2)C(=O)Nc1cccc2c1ccn2CCOC. The van der Waals surface area contributed by atoms with Gasteiger partial charge in [0.25, 0.3) is 0 Å². The zero-order valence-electron chi connectivity index (χ0n) is 29.3. The molecule has 3 atom stereocenters. The van der Waals surface area contributed by atoms with E-state index in [1.807, 2.05) is 56.4 Å². The average molecular weight is 671 g/mol. The molecule has 1 aromatic heterocycles. The van der Waals surface area contributed by atoms with Gasteiger partial charge in [0, 0.05) is 37.7 Å². The molecule has 3 N–H and O–H groups in total. The number of aryl methyl sites for hydroxylation is 1. The van der Waals surface area contributed by atoms with Crippen molar-refractivity contribution in [3.63, 3.8) is 0 Å². The summed E-state index contributed by atoms with van der Waals surface area (Å²) in [6.45, 7) is 6.71. The quantitative estimate of drug-likeness (QED) is 0.160. The molecule has 0 fully saturated rings. The number of carbonyl (C=O) groups is 2. The van der Waals surface area contributed by atoms with E-state index in [0.29, 0.717) is 66.5 Å². The Kier molecular flexibility index (Phi) is 11.1. The van der Waals surface area contributed by atoms with Crippen LogP contribution < -0.4 is 35.6 Å². The van der Waals surface area contributed by atoms with Crippen molar-refractivity contribution in [3.8, 4) is 28.4 Å². The van der Waals surface area contributed by atoms with E-state index >= 15 is 0 Å². The minimum atomic E-state index is -0.719. The fourth-order valence-corrected chi connectivity index (χ4v) is 6.62. The third-order valence-electron chi connectivity index (χ3n) is 9.33. The molecule has 3 aromatic carbocycles. The van der Waals surface area contributed by atoms with Gasteiger partial charge >= 0.3 is 0 Å². The van der Waals surface area contributed by atoms with Crippen molar-refractivity contribution in [1.29, 1.82) is 0 Å². The molecule has 0 saturated heterocycles. The summed E-state index contributed by atoms with van der Waals surface area (Å²) in [5.74, 6) is 0.847. The summed E-state index contributed by atoms with van der Waals surface area (Å²) < 4.78 is 24.6. The molecule has 260 valence electrons. The first-order chi connectivity index (χ1) is 23.6. The summed E-state index contributed by atoms with van der Waals surface area (Å²) >= 11 is 0. The van der Waals surface area contributed by atoms with E-state index in [1.54, 1.807) is 40.6 Å². The van der Waals surface area contributed by atoms with Gasteiger partial charge in [-0.15, -0.1) is 0 Å². The predicted octanol–water partition coefficient (Wildman–Crippen LogP) is 5.93. The number of hydrogen-bond acceptors (Lipinski definition) is 8. The molecule has 1 heterocycles. The zero-order chi connectivity index (χ0) is 35.2. The fraction of sp³-hybridized carbons (Fsp3) is 0.395. The third kappa shape index (κ3) is 7.22. The second kappa shape index (κ2) is 15.5. The highest BCUT2D eigenvalue weighted by molar-refractivity contribution is 6.04. The number of hydrogen-bond donors (Lipinski definition) is 3. The van der Waals surface area contributed by atoms with Crippen LogP contribution in [0.3, 0.4) is 0 Å². The van der Waals surface area contributed by atoms with Crippen LogP contribution >= 0.6 is 0 Å². The van der Waals surface area contributed by atoms with Gasteiger partial charge in [-0.1, -0.05) is 32.4 Å². The smallest absolute Gasteiger partial charge is 0.247 e. The lowest BCUT2D eigenvalue weighted by molar-refractivity contribution is -0.120. The van der Waals surface area contributed by atoms with Crippen molar-refractivity contribution in [3.05, 3.63) is 76.1 Å². The van der Waals surface area contributed by atoms with Gasteiger partial charge in [-0.3, -0.25) is 14.4 Å². The van der Waals surface area contributed by atoms with Gasteiger partial charge in [-0.25, -0.2) is 0 Å². The molecule has 1 aliphatic rings. The first kappa shape index (κ1) is 35.3. The highest BCUT2D eigenvalue weighted by Crippen LogP contribution is 2.50. The van der Waals surface area contributed by atoms with Crippen molar-refractivity contribution >= 4 is 34.1 Å². The van der Waals surface area contributed by atoms with Gasteiger partial charge in [0.05, 0.1) is 50.9 Å². The molecule has 5 rings (SSSR count). The first-order valence-electron chi connectivity index (χ1n) is 16.6. The van der Waals surface area contributed by atoms with Crippen LogP contribution in [-0.4, -0.2) is 57.5 Å². The molecule has 0 bridgehead atoms. The number of anilines is 2. The van der Waals surface area contributed by atoms with Crippen LogP contribution in [0.4, 0.5) is 11.4 Å². The predicted molar refractivity (Wildman–Crippen MR) is 192 cm³/mol. The number of carbonyl (C=O) groups excluding carboxylic acids is 2. The molecular weight excluding hydrogens is 624 g/mol. The van der Waals surface area contributed by atoms with Crippen LogP contribution in [0.15, 0.2) is 59.5 Å². The fourth-order valence-electron chi connectivity index (χ4n) is 6.62. The molecule has 11 nitrogen and oxygen atoms in total. The number of rotatable bonds is 13. The Bertz CT molecular complexity index is 1900. The number of methoxy groups -OCH3 is 4. The number of amides is 2. The molecule has 0 spiro atoms. The minimum Gasteiger partial charge on any atom is -0.493 e. The highest BCUT2D eigenvalue weighted by Gasteiger charge is 2.30. The molecule has 0 saturated carbocycles. The normalized spacial score (nSPS) is 14.9. The third-order valence-corrected chi connectivity index (χ3v) is 9.33. The van der Waals surface area contributed by atoms with Gasteiger partial charge in [0.15, 0.2) is 11.5 Å². The summed E-state index contributed by atoms with van der Waals surface area (Å²) in [4.78, 5) is 40.4. The number of fused-ring (bicyclic) bond motifs is 4. The number of nitrogens with zero attached hydrogens (tertiary/aromatic N) is 1. The summed E-state index contributed by atoms with van der Waals surface area (Å²) in [5.41, 5.74) is 4.67. The van der Waals surface area contributed by atoms with Crippen molar-refractivity contribution < 1.29 is 28.5 Å². The molecule has 49 heavy (non-hydrogen) atoms. The van der Waals surface area contributed by atoms with E-state index in [-0.39, 0.29) is 28.8 Å². The molecule has 2 amide bonds. The van der Waals surface area contributed by atoms with Gasteiger partial charge in [-0.05, 0) is 71.8 Å². The molecule has 11 heteroatoms. The van der Waals surface area contributed by atoms with Crippen molar-refractivity contribution in [2.75, 3.05) is 45.7 Å². The maximum Gasteiger partial charge on any atom is 0.247 e. The Morgan fingerprint density at radius 2 is 1.76 bits per heavy atom. The first-order valence-corrected chi connectivity index (χ1v) is 16.6. The lowest BCUT2D eigenvalue weighted by Gasteiger charge is -2.24. The molecule has 0 unspecified atom stereocenters. The van der Waals surface area contributed by atoms with Gasteiger partial charge in [0.1, 0.15) is 6.04 Å². The minimum absolute atomic E-state index is 0.113. The monoisotopic (exact) mass is 670 g/mol. The molecule has 4 aromatic rings. The lowest BCUT2D eigenvalue weighted by atomic mass is 9.95. The summed E-state index contributed by atoms with van der Waals surface area (Å²) in [6, 6.07) is 13.6. The number of benzene rings is 2. The van der Waals surface area contributed by atoms with Crippen LogP contribution in [0.5, 0.6) is 17.2 Å². The maximum atomic E-state index is 14.0. The Labute approximate surface area is 286 Å². The summed E-state index contributed by atoms with van der Waals surface area (Å²) in [7, 11) is 6.35. The topological polar surface area (TPSA) is 129 Å². The Hall–Kier alpha value is -5.03. The standard InChI is InChI=1S/C38H46N4O7/c1-8-22(2)35(38(45)41-28-10-9-11-31-26(28)16-17-42(31)18-19-46-4)40-30-15-13-25-27(21-32(30)44)29(39-23(3)43)14-12-24-20-33(47-5)36(48-6)37(49-7)34(24)25/h9-11,13,15-17,20-22,29,35H,8,12,14,18-19H2,1-7H3,(H,39,43)(H,40,44)(H,41,45)/t22-,29+,35+/m1/s1. The number of nitrogens with one attached hydrogen (secondary N) is 3. The van der Waals surface area contributed by atoms with Gasteiger partial charge in [0.2, 0.25) is 23.0 Å². The zero-order valence-corrected chi connectivity index (χ0v) is 29.3. The maximum absolute atomic E-state index is 14.0. The van der Waals surface area contributed by atoms with Crippen LogP contribution in [0.1, 0.15) is 50.8 Å². The van der Waals surface area contributed by atoms with Crippen LogP contribution in [-0.2, 0) is 27.3 Å². The van der Waals surface area contributed by atoms with Crippen molar-refractivity contribution in [2.24, 2.45) is 5.92 Å². The van der Waals surface area contributed by atoms with Crippen LogP contribution in [0.25, 0.3) is 22.0 Å². The largest absolute Gasteiger partial charge is 0.493 e. The van der Waals surface area contributed by atoms with E-state index in [2.05, 4.69) is 20.5 Å². The average Bonchev–Trinajstić information content (AvgIpc) is 3.38. The van der Waals surface area contributed by atoms with Gasteiger partial charge < -0.3 is 39.5 Å². The lowest BCUT2D eigenvalue weighted by Crippen LogP contribution is -2.40. The van der Waals surface area contributed by atoms with Crippen molar-refractivity contribution in [2.45, 2.75) is 58.7 Å². The van der Waals surface area contributed by atoms with E-state index < -0.39 is 12.1 Å². The Morgan fingerprint density at radius 1 is 0.980 bits per heavy atom. The summed E-state index contributed by atoms with van der Waals surface area (Å²) in [5, 5.41) is 10.4. The van der Waals surface area contributed by atoms with E-state index in [0.717, 1.165) is 22.0 Å². The number of aromatic nitrogens is 1. The molecule has 0 aliphatic heterocycles. The molecule has 1 aliphatic carbocycles. The molecular formula is C38H46N4O7. The second-order valence-corrected chi connectivity index (χ2v) is 12.3. The van der Waals surface area contributed by atoms with Crippen molar-refractivity contribution in [1.82, 2.24) is 9.88 Å². The van der Waals surface area contributed by atoms with E-state index in [4.69, 9.17) is 18.9 Å². The highest BCUT2D eigenvalue weighted by atomic mass is 16.5. The Morgan fingerprint density at radius 3 is 2.43 bits per heavy atom. The van der Waals surface area contributed by atoms with Crippen LogP contribution in [0, 0.1) is 5.92 Å². The Balaban J connectivity index is 1.57. The van der Waals surface area contributed by atoms with Crippen LogP contribution in [0.2, 0.25) is 0 Å².